The minimum absolute atomic E-state index is 0.203. The zero-order valence-corrected chi connectivity index (χ0v) is 9.84. The van der Waals surface area contributed by atoms with Gasteiger partial charge in [0.05, 0.1) is 11.4 Å². The summed E-state index contributed by atoms with van der Waals surface area (Å²) in [5.74, 6) is 0. The molecule has 4 N–H and O–H groups in total. The predicted molar refractivity (Wildman–Crippen MR) is 67.5 cm³/mol. The molecule has 0 aliphatic heterocycles. The van der Waals surface area contributed by atoms with E-state index in [1.54, 1.807) is 6.07 Å². The van der Waals surface area contributed by atoms with Gasteiger partial charge in [0.1, 0.15) is 0 Å². The fourth-order valence-corrected chi connectivity index (χ4v) is 1.32. The van der Waals surface area contributed by atoms with Crippen molar-refractivity contribution in [3.63, 3.8) is 0 Å². The third-order valence-electron chi connectivity index (χ3n) is 2.27. The highest BCUT2D eigenvalue weighted by atomic mass is 16.2. The molecule has 0 aliphatic rings. The molecule has 0 spiro atoms. The molecule has 0 atom stereocenters. The van der Waals surface area contributed by atoms with Crippen LogP contribution in [0.2, 0.25) is 0 Å². The minimum atomic E-state index is -0.203. The molecule has 16 heavy (non-hydrogen) atoms. The first-order chi connectivity index (χ1) is 7.63. The number of hydrogen-bond donors (Lipinski definition) is 3. The van der Waals surface area contributed by atoms with Gasteiger partial charge in [-0.25, -0.2) is 4.79 Å². The standard InChI is InChI=1S/C12H19N3O/c1-3-4-7-14-12(16)15-11-8-9(2)5-6-10(11)13/h5-6,8H,3-4,7,13H2,1-2H3,(H2,14,15,16). The third-order valence-corrected chi connectivity index (χ3v) is 2.27. The molecule has 1 aromatic carbocycles. The summed E-state index contributed by atoms with van der Waals surface area (Å²) in [5, 5.41) is 5.51. The van der Waals surface area contributed by atoms with E-state index < -0.39 is 0 Å². The highest BCUT2D eigenvalue weighted by molar-refractivity contribution is 5.92. The normalized spacial score (nSPS) is 9.88. The molecule has 1 aromatic rings. The number of anilines is 2. The number of hydrogen-bond acceptors (Lipinski definition) is 2. The first kappa shape index (κ1) is 12.4. The van der Waals surface area contributed by atoms with E-state index in [0.717, 1.165) is 18.4 Å². The number of aryl methyl sites for hydroxylation is 1. The Morgan fingerprint density at radius 1 is 1.44 bits per heavy atom. The fourth-order valence-electron chi connectivity index (χ4n) is 1.32. The summed E-state index contributed by atoms with van der Waals surface area (Å²) in [6, 6.07) is 5.35. The van der Waals surface area contributed by atoms with Crippen molar-refractivity contribution >= 4 is 17.4 Å². The van der Waals surface area contributed by atoms with Gasteiger partial charge in [0.25, 0.3) is 0 Å². The lowest BCUT2D eigenvalue weighted by Gasteiger charge is -2.10. The van der Waals surface area contributed by atoms with Crippen LogP contribution in [0.5, 0.6) is 0 Å². The molecular weight excluding hydrogens is 202 g/mol. The molecule has 0 radical (unpaired) electrons. The number of nitrogens with one attached hydrogen (secondary N) is 2. The Balaban J connectivity index is 2.52. The van der Waals surface area contributed by atoms with Crippen molar-refractivity contribution in [1.82, 2.24) is 5.32 Å². The van der Waals surface area contributed by atoms with Crippen LogP contribution in [0.25, 0.3) is 0 Å². The van der Waals surface area contributed by atoms with Gasteiger partial charge >= 0.3 is 6.03 Å². The van der Waals surface area contributed by atoms with Crippen molar-refractivity contribution in [3.8, 4) is 0 Å². The van der Waals surface area contributed by atoms with Gasteiger partial charge in [-0.2, -0.15) is 0 Å². The quantitative estimate of drug-likeness (QED) is 0.540. The predicted octanol–water partition coefficient (Wildman–Crippen LogP) is 2.50. The molecule has 0 unspecified atom stereocenters. The van der Waals surface area contributed by atoms with Crippen molar-refractivity contribution in [2.75, 3.05) is 17.6 Å². The molecular formula is C12H19N3O. The molecule has 0 fully saturated rings. The van der Waals surface area contributed by atoms with Crippen molar-refractivity contribution in [1.29, 1.82) is 0 Å². The molecule has 0 bridgehead atoms. The van der Waals surface area contributed by atoms with Crippen molar-refractivity contribution in [2.24, 2.45) is 0 Å². The Kier molecular flexibility index (Phi) is 4.64. The monoisotopic (exact) mass is 221 g/mol. The number of benzene rings is 1. The summed E-state index contributed by atoms with van der Waals surface area (Å²) in [4.78, 5) is 11.5. The van der Waals surface area contributed by atoms with Crippen LogP contribution in [-0.2, 0) is 0 Å². The average Bonchev–Trinajstić information content (AvgIpc) is 2.24. The lowest BCUT2D eigenvalue weighted by atomic mass is 10.2. The Morgan fingerprint density at radius 2 is 2.19 bits per heavy atom. The van der Waals surface area contributed by atoms with Crippen LogP contribution < -0.4 is 16.4 Å². The largest absolute Gasteiger partial charge is 0.397 e. The van der Waals surface area contributed by atoms with E-state index in [0.29, 0.717) is 17.9 Å². The topological polar surface area (TPSA) is 67.2 Å². The fraction of sp³-hybridized carbons (Fsp3) is 0.417. The maximum Gasteiger partial charge on any atom is 0.319 e. The molecule has 0 heterocycles. The summed E-state index contributed by atoms with van der Waals surface area (Å²) in [6.07, 6.45) is 2.05. The summed E-state index contributed by atoms with van der Waals surface area (Å²) in [5.41, 5.74) is 8.06. The van der Waals surface area contributed by atoms with Crippen molar-refractivity contribution < 1.29 is 4.79 Å². The highest BCUT2D eigenvalue weighted by Gasteiger charge is 2.03. The summed E-state index contributed by atoms with van der Waals surface area (Å²) >= 11 is 0. The lowest BCUT2D eigenvalue weighted by molar-refractivity contribution is 0.252. The van der Waals surface area contributed by atoms with Gasteiger partial charge in [-0.1, -0.05) is 19.4 Å². The van der Waals surface area contributed by atoms with Crippen LogP contribution in [-0.4, -0.2) is 12.6 Å². The number of carbonyl (C=O) groups excluding carboxylic acids is 1. The second-order valence-corrected chi connectivity index (χ2v) is 3.83. The molecule has 1 rings (SSSR count). The lowest BCUT2D eigenvalue weighted by Crippen LogP contribution is -2.29. The van der Waals surface area contributed by atoms with Gasteiger partial charge in [-0.3, -0.25) is 0 Å². The van der Waals surface area contributed by atoms with E-state index in [1.807, 2.05) is 19.1 Å². The van der Waals surface area contributed by atoms with E-state index in [-0.39, 0.29) is 6.03 Å². The van der Waals surface area contributed by atoms with E-state index >= 15 is 0 Å². The highest BCUT2D eigenvalue weighted by Crippen LogP contribution is 2.19. The Morgan fingerprint density at radius 3 is 2.88 bits per heavy atom. The van der Waals surface area contributed by atoms with E-state index in [9.17, 15) is 4.79 Å². The smallest absolute Gasteiger partial charge is 0.319 e. The van der Waals surface area contributed by atoms with Crippen molar-refractivity contribution in [2.45, 2.75) is 26.7 Å². The SMILES string of the molecule is CCCCNC(=O)Nc1cc(C)ccc1N. The van der Waals surface area contributed by atoms with Crippen LogP contribution >= 0.6 is 0 Å². The zero-order chi connectivity index (χ0) is 12.0. The first-order valence-corrected chi connectivity index (χ1v) is 5.54. The van der Waals surface area contributed by atoms with Gasteiger partial charge in [-0.15, -0.1) is 0 Å². The van der Waals surface area contributed by atoms with Crippen LogP contribution in [0.1, 0.15) is 25.3 Å². The second-order valence-electron chi connectivity index (χ2n) is 3.83. The number of nitrogens with two attached hydrogens (primary N) is 1. The minimum Gasteiger partial charge on any atom is -0.397 e. The van der Waals surface area contributed by atoms with Crippen LogP contribution in [0.4, 0.5) is 16.2 Å². The summed E-state index contributed by atoms with van der Waals surface area (Å²) in [7, 11) is 0. The van der Waals surface area contributed by atoms with Crippen LogP contribution in [0.3, 0.4) is 0 Å². The summed E-state index contributed by atoms with van der Waals surface area (Å²) in [6.45, 7) is 4.73. The Hall–Kier alpha value is -1.71. The molecule has 0 aromatic heterocycles. The van der Waals surface area contributed by atoms with Crippen LogP contribution in [0, 0.1) is 6.92 Å². The average molecular weight is 221 g/mol. The van der Waals surface area contributed by atoms with E-state index in [4.69, 9.17) is 5.73 Å². The molecule has 0 saturated carbocycles. The number of carbonyl (C=O) groups is 1. The van der Waals surface area contributed by atoms with Crippen molar-refractivity contribution in [3.05, 3.63) is 23.8 Å². The summed E-state index contributed by atoms with van der Waals surface area (Å²) < 4.78 is 0. The van der Waals surface area contributed by atoms with Gasteiger partial charge < -0.3 is 16.4 Å². The molecule has 4 nitrogen and oxygen atoms in total. The van der Waals surface area contributed by atoms with Gasteiger partial charge in [-0.05, 0) is 31.0 Å². The molecule has 2 amide bonds. The Bertz CT molecular complexity index is 363. The first-order valence-electron chi connectivity index (χ1n) is 5.54. The molecule has 0 saturated heterocycles. The van der Waals surface area contributed by atoms with E-state index in [1.165, 1.54) is 0 Å². The third kappa shape index (κ3) is 3.81. The molecule has 0 aliphatic carbocycles. The van der Waals surface area contributed by atoms with E-state index in [2.05, 4.69) is 17.6 Å². The number of urea groups is 1. The maximum atomic E-state index is 11.5. The molecule has 4 heteroatoms. The second kappa shape index (κ2) is 6.00. The number of unbranched alkanes of at least 4 members (excludes halogenated alkanes) is 1. The molecule has 88 valence electrons. The Labute approximate surface area is 96.2 Å². The van der Waals surface area contributed by atoms with Gasteiger partial charge in [0.15, 0.2) is 0 Å². The number of amides is 2. The zero-order valence-electron chi connectivity index (χ0n) is 9.84. The van der Waals surface area contributed by atoms with Gasteiger partial charge in [0.2, 0.25) is 0 Å². The van der Waals surface area contributed by atoms with Crippen LogP contribution in [0.15, 0.2) is 18.2 Å². The van der Waals surface area contributed by atoms with Gasteiger partial charge in [0, 0.05) is 6.54 Å². The maximum absolute atomic E-state index is 11.5. The number of rotatable bonds is 4. The number of nitrogen functional groups attached to an aromatic ring is 1.